The molecule has 7 heteroatoms. The highest BCUT2D eigenvalue weighted by atomic mass is 35.5. The van der Waals surface area contributed by atoms with Crippen molar-refractivity contribution in [2.75, 3.05) is 19.6 Å². The van der Waals surface area contributed by atoms with E-state index in [-0.39, 0.29) is 10.8 Å². The average molecular weight is 449 g/mol. The third kappa shape index (κ3) is 5.84. The first-order valence-electron chi connectivity index (χ1n) is 10.5. The maximum atomic E-state index is 13.1. The molecule has 1 amide bonds. The fourth-order valence-corrected chi connectivity index (χ4v) is 5.35. The van der Waals surface area contributed by atoms with Gasteiger partial charge in [0.25, 0.3) is 5.91 Å². The van der Waals surface area contributed by atoms with Crippen molar-refractivity contribution in [3.8, 4) is 0 Å². The summed E-state index contributed by atoms with van der Waals surface area (Å²) in [7, 11) is -3.58. The molecule has 3 rings (SSSR count). The van der Waals surface area contributed by atoms with Crippen LogP contribution in [0.25, 0.3) is 0 Å². The summed E-state index contributed by atoms with van der Waals surface area (Å²) in [5.41, 5.74) is 2.34. The Balaban J connectivity index is 1.63. The van der Waals surface area contributed by atoms with Gasteiger partial charge in [0, 0.05) is 30.2 Å². The van der Waals surface area contributed by atoms with Gasteiger partial charge in [-0.25, -0.2) is 8.42 Å². The molecule has 1 aliphatic rings. The zero-order valence-corrected chi connectivity index (χ0v) is 18.9. The number of sulfonamides is 1. The van der Waals surface area contributed by atoms with Gasteiger partial charge in [-0.15, -0.1) is 0 Å². The smallest absolute Gasteiger partial charge is 0.251 e. The second-order valence-electron chi connectivity index (χ2n) is 7.78. The van der Waals surface area contributed by atoms with Gasteiger partial charge in [-0.2, -0.15) is 4.31 Å². The molecule has 1 N–H and O–H groups in total. The Morgan fingerprint density at radius 2 is 1.70 bits per heavy atom. The van der Waals surface area contributed by atoms with Crippen LogP contribution in [-0.4, -0.2) is 38.3 Å². The molecule has 1 fully saturated rings. The first-order chi connectivity index (χ1) is 14.4. The molecule has 30 heavy (non-hydrogen) atoms. The quantitative estimate of drug-likeness (QED) is 0.630. The Labute approximate surface area is 184 Å². The van der Waals surface area contributed by atoms with Crippen LogP contribution in [0.15, 0.2) is 47.4 Å². The molecule has 1 saturated heterocycles. The first-order valence-corrected chi connectivity index (χ1v) is 12.3. The highest BCUT2D eigenvalue weighted by Gasteiger charge is 2.26. The van der Waals surface area contributed by atoms with Crippen LogP contribution in [0.5, 0.6) is 0 Å². The molecular formula is C23H29ClN2O3S. The first kappa shape index (κ1) is 22.8. The Hall–Kier alpha value is -1.89. The van der Waals surface area contributed by atoms with Gasteiger partial charge >= 0.3 is 0 Å². The Morgan fingerprint density at radius 3 is 2.37 bits per heavy atom. The summed E-state index contributed by atoms with van der Waals surface area (Å²) in [6.45, 7) is 3.43. The van der Waals surface area contributed by atoms with Crippen LogP contribution in [0.3, 0.4) is 0 Å². The molecule has 0 bridgehead atoms. The van der Waals surface area contributed by atoms with Gasteiger partial charge in [-0.3, -0.25) is 4.79 Å². The van der Waals surface area contributed by atoms with E-state index in [2.05, 4.69) is 5.32 Å². The van der Waals surface area contributed by atoms with Gasteiger partial charge in [0.05, 0.1) is 4.90 Å². The molecule has 5 nitrogen and oxygen atoms in total. The second-order valence-corrected chi connectivity index (χ2v) is 10.2. The van der Waals surface area contributed by atoms with E-state index >= 15 is 0 Å². The normalized spacial score (nSPS) is 15.5. The maximum Gasteiger partial charge on any atom is 0.251 e. The van der Waals surface area contributed by atoms with E-state index in [9.17, 15) is 13.2 Å². The summed E-state index contributed by atoms with van der Waals surface area (Å²) in [6.07, 6.45) is 5.50. The van der Waals surface area contributed by atoms with E-state index in [0.29, 0.717) is 30.2 Å². The number of nitrogens with zero attached hydrogens (tertiary/aromatic N) is 1. The monoisotopic (exact) mass is 448 g/mol. The molecule has 0 spiro atoms. The summed E-state index contributed by atoms with van der Waals surface area (Å²) in [5.74, 6) is -0.239. The van der Waals surface area contributed by atoms with Gasteiger partial charge in [0.2, 0.25) is 10.0 Å². The van der Waals surface area contributed by atoms with Crippen LogP contribution in [0.2, 0.25) is 5.02 Å². The molecule has 1 aliphatic heterocycles. The van der Waals surface area contributed by atoms with E-state index in [4.69, 9.17) is 11.6 Å². The van der Waals surface area contributed by atoms with E-state index < -0.39 is 10.0 Å². The predicted molar refractivity (Wildman–Crippen MR) is 121 cm³/mol. The van der Waals surface area contributed by atoms with Crippen molar-refractivity contribution in [3.63, 3.8) is 0 Å². The Kier molecular flexibility index (Phi) is 7.92. The molecule has 2 aromatic carbocycles. The van der Waals surface area contributed by atoms with Crippen molar-refractivity contribution in [1.82, 2.24) is 9.62 Å². The van der Waals surface area contributed by atoms with Crippen molar-refractivity contribution in [2.24, 2.45) is 0 Å². The number of rotatable bonds is 7. The lowest BCUT2D eigenvalue weighted by Crippen LogP contribution is -2.32. The second kappa shape index (κ2) is 10.4. The van der Waals surface area contributed by atoms with E-state index in [0.717, 1.165) is 49.7 Å². The van der Waals surface area contributed by atoms with Crippen molar-refractivity contribution in [1.29, 1.82) is 0 Å². The minimum Gasteiger partial charge on any atom is -0.352 e. The largest absolute Gasteiger partial charge is 0.352 e. The lowest BCUT2D eigenvalue weighted by Gasteiger charge is -2.20. The summed E-state index contributed by atoms with van der Waals surface area (Å²) < 4.78 is 27.7. The fourth-order valence-electron chi connectivity index (χ4n) is 3.68. The lowest BCUT2D eigenvalue weighted by molar-refractivity contribution is 0.0952. The summed E-state index contributed by atoms with van der Waals surface area (Å²) in [4.78, 5) is 12.9. The molecule has 0 radical (unpaired) electrons. The summed E-state index contributed by atoms with van der Waals surface area (Å²) in [5, 5.41) is 3.62. The minimum atomic E-state index is -3.58. The minimum absolute atomic E-state index is 0.196. The molecule has 2 aromatic rings. The maximum absolute atomic E-state index is 13.1. The van der Waals surface area contributed by atoms with Crippen molar-refractivity contribution < 1.29 is 13.2 Å². The Morgan fingerprint density at radius 1 is 1.03 bits per heavy atom. The lowest BCUT2D eigenvalue weighted by atomic mass is 10.1. The molecule has 0 unspecified atom stereocenters. The van der Waals surface area contributed by atoms with E-state index in [1.807, 2.05) is 31.2 Å². The number of benzene rings is 2. The van der Waals surface area contributed by atoms with Gasteiger partial charge in [0.15, 0.2) is 0 Å². The predicted octanol–water partition coefficient (Wildman–Crippen LogP) is 4.58. The number of aryl methyl sites for hydroxylation is 2. The van der Waals surface area contributed by atoms with Gasteiger partial charge in [0.1, 0.15) is 0 Å². The van der Waals surface area contributed by atoms with E-state index in [1.165, 1.54) is 6.07 Å². The summed E-state index contributed by atoms with van der Waals surface area (Å²) >= 11 is 5.90. The van der Waals surface area contributed by atoms with Crippen LogP contribution >= 0.6 is 11.6 Å². The number of amides is 1. The van der Waals surface area contributed by atoms with Crippen molar-refractivity contribution in [3.05, 3.63) is 64.2 Å². The molecule has 162 valence electrons. The SMILES string of the molecule is Cc1ccc(S(=O)(=O)N2CCCCCC2)cc1C(=O)NCCCc1ccc(Cl)cc1. The molecule has 0 aliphatic carbocycles. The number of nitrogens with one attached hydrogen (secondary N) is 1. The van der Waals surface area contributed by atoms with Crippen LogP contribution in [-0.2, 0) is 16.4 Å². The van der Waals surface area contributed by atoms with Crippen LogP contribution in [0.4, 0.5) is 0 Å². The molecule has 1 heterocycles. The molecule has 0 aromatic heterocycles. The topological polar surface area (TPSA) is 66.5 Å². The number of hydrogen-bond donors (Lipinski definition) is 1. The fraction of sp³-hybridized carbons (Fsp3) is 0.435. The number of carbonyl (C=O) groups is 1. The van der Waals surface area contributed by atoms with Gasteiger partial charge < -0.3 is 5.32 Å². The highest BCUT2D eigenvalue weighted by molar-refractivity contribution is 7.89. The zero-order valence-electron chi connectivity index (χ0n) is 17.4. The Bertz CT molecular complexity index is 966. The van der Waals surface area contributed by atoms with Crippen LogP contribution in [0.1, 0.15) is 53.6 Å². The third-order valence-electron chi connectivity index (χ3n) is 5.50. The average Bonchev–Trinajstić information content (AvgIpc) is 3.03. The third-order valence-corrected chi connectivity index (χ3v) is 7.64. The highest BCUT2D eigenvalue weighted by Crippen LogP contribution is 2.22. The number of carbonyl (C=O) groups excluding carboxylic acids is 1. The standard InChI is InChI=1S/C23H29ClN2O3S/c1-18-8-13-21(30(28,29)26-15-4-2-3-5-16-26)17-22(18)23(27)25-14-6-7-19-9-11-20(24)12-10-19/h8-13,17H,2-7,14-16H2,1H3,(H,25,27). The molecular weight excluding hydrogens is 420 g/mol. The summed E-state index contributed by atoms with van der Waals surface area (Å²) in [6, 6.07) is 12.5. The van der Waals surface area contributed by atoms with Gasteiger partial charge in [-0.1, -0.05) is 42.6 Å². The van der Waals surface area contributed by atoms with Crippen LogP contribution in [0, 0.1) is 6.92 Å². The van der Waals surface area contributed by atoms with E-state index in [1.54, 1.807) is 16.4 Å². The number of halogens is 1. The number of hydrogen-bond acceptors (Lipinski definition) is 3. The van der Waals surface area contributed by atoms with Crippen LogP contribution < -0.4 is 5.32 Å². The van der Waals surface area contributed by atoms with Crippen molar-refractivity contribution in [2.45, 2.75) is 50.3 Å². The van der Waals surface area contributed by atoms with Gasteiger partial charge in [-0.05, 0) is 68.0 Å². The molecule has 0 saturated carbocycles. The van der Waals surface area contributed by atoms with Crippen molar-refractivity contribution >= 4 is 27.5 Å². The zero-order chi connectivity index (χ0) is 21.6. The molecule has 0 atom stereocenters.